The molecule has 2 aromatic heterocycles. The lowest BCUT2D eigenvalue weighted by molar-refractivity contribution is -0.117. The van der Waals surface area contributed by atoms with Crippen LogP contribution in [-0.2, 0) is 16.1 Å². The third-order valence-electron chi connectivity index (χ3n) is 2.52. The number of carbonyl (C=O) groups is 2. The first-order valence-corrected chi connectivity index (χ1v) is 5.95. The normalized spacial score (nSPS) is 10.3. The highest BCUT2D eigenvalue weighted by Crippen LogP contribution is 2.15. The van der Waals surface area contributed by atoms with Gasteiger partial charge in [-0.2, -0.15) is 15.0 Å². The fraction of sp³-hybridized carbons (Fsp3) is 0.364. The highest BCUT2D eigenvalue weighted by molar-refractivity contribution is 5.91. The lowest BCUT2D eigenvalue weighted by Gasteiger charge is -2.04. The number of hydrogen-bond donors (Lipinski definition) is 3. The van der Waals surface area contributed by atoms with Crippen LogP contribution in [0.15, 0.2) is 6.20 Å². The molecule has 0 radical (unpaired) electrons. The number of aromatic amines is 1. The van der Waals surface area contributed by atoms with Crippen molar-refractivity contribution in [2.75, 3.05) is 10.6 Å². The van der Waals surface area contributed by atoms with Crippen LogP contribution in [0, 0.1) is 13.8 Å². The number of aromatic nitrogens is 5. The van der Waals surface area contributed by atoms with Crippen LogP contribution in [0.4, 0.5) is 11.5 Å². The van der Waals surface area contributed by atoms with Gasteiger partial charge < -0.3 is 10.6 Å². The predicted octanol–water partition coefficient (Wildman–Crippen LogP) is 0.215. The molecule has 0 aliphatic carbocycles. The number of nitrogens with one attached hydrogen (secondary N) is 3. The van der Waals surface area contributed by atoms with E-state index in [1.165, 1.54) is 17.9 Å². The Kier molecular flexibility index (Phi) is 3.78. The van der Waals surface area contributed by atoms with Crippen LogP contribution in [0.1, 0.15) is 18.3 Å². The quantitative estimate of drug-likeness (QED) is 0.738. The predicted molar refractivity (Wildman–Crippen MR) is 71.0 cm³/mol. The summed E-state index contributed by atoms with van der Waals surface area (Å²) in [5.74, 6) is -0.213. The van der Waals surface area contributed by atoms with E-state index in [-0.39, 0.29) is 18.4 Å². The number of carbonyl (C=O) groups excluding carboxylic acids is 2. The van der Waals surface area contributed by atoms with Crippen LogP contribution >= 0.6 is 0 Å². The topological polar surface area (TPSA) is 118 Å². The molecular formula is C11H15N7O2. The van der Waals surface area contributed by atoms with Crippen molar-refractivity contribution in [1.29, 1.82) is 0 Å². The van der Waals surface area contributed by atoms with Gasteiger partial charge in [0.1, 0.15) is 6.54 Å². The summed E-state index contributed by atoms with van der Waals surface area (Å²) >= 11 is 0. The van der Waals surface area contributed by atoms with Gasteiger partial charge >= 0.3 is 0 Å². The van der Waals surface area contributed by atoms with Crippen molar-refractivity contribution in [1.82, 2.24) is 25.2 Å². The molecule has 0 unspecified atom stereocenters. The molecule has 2 heterocycles. The van der Waals surface area contributed by atoms with E-state index < -0.39 is 0 Å². The Balaban J connectivity index is 1.98. The SMILES string of the molecule is CC(=O)Nc1cnn(CC(=O)Nc2c(C)n[nH]c2C)n1. The van der Waals surface area contributed by atoms with Crippen LogP contribution in [-0.4, -0.2) is 37.0 Å². The highest BCUT2D eigenvalue weighted by Gasteiger charge is 2.12. The van der Waals surface area contributed by atoms with E-state index in [1.54, 1.807) is 6.92 Å². The van der Waals surface area contributed by atoms with Crippen molar-refractivity contribution >= 4 is 23.3 Å². The number of anilines is 2. The van der Waals surface area contributed by atoms with Crippen LogP contribution in [0.5, 0.6) is 0 Å². The monoisotopic (exact) mass is 277 g/mol. The van der Waals surface area contributed by atoms with Gasteiger partial charge in [-0.1, -0.05) is 0 Å². The Morgan fingerprint density at radius 1 is 1.35 bits per heavy atom. The fourth-order valence-corrected chi connectivity index (χ4v) is 1.65. The standard InChI is InChI=1S/C11H15N7O2/c1-6-11(7(2)16-15-6)14-10(20)5-18-12-4-9(17-18)13-8(3)19/h4H,5H2,1-3H3,(H,14,20)(H,15,16)(H,13,17,19). The molecule has 2 amide bonds. The molecule has 20 heavy (non-hydrogen) atoms. The average molecular weight is 277 g/mol. The second-order valence-electron chi connectivity index (χ2n) is 4.30. The second-order valence-corrected chi connectivity index (χ2v) is 4.30. The van der Waals surface area contributed by atoms with E-state index in [0.717, 1.165) is 5.69 Å². The van der Waals surface area contributed by atoms with E-state index in [9.17, 15) is 9.59 Å². The van der Waals surface area contributed by atoms with Gasteiger partial charge in [-0.3, -0.25) is 14.7 Å². The Morgan fingerprint density at radius 3 is 2.70 bits per heavy atom. The molecule has 0 aliphatic rings. The maximum atomic E-state index is 11.9. The number of hydrogen-bond acceptors (Lipinski definition) is 5. The molecule has 2 aromatic rings. The lowest BCUT2D eigenvalue weighted by atomic mass is 10.3. The first-order valence-electron chi connectivity index (χ1n) is 5.95. The third kappa shape index (κ3) is 3.19. The third-order valence-corrected chi connectivity index (χ3v) is 2.52. The van der Waals surface area contributed by atoms with Gasteiger partial charge in [0.25, 0.3) is 0 Å². The summed E-state index contributed by atoms with van der Waals surface area (Å²) in [7, 11) is 0. The summed E-state index contributed by atoms with van der Waals surface area (Å²) in [5, 5.41) is 19.8. The first-order chi connectivity index (χ1) is 9.45. The second kappa shape index (κ2) is 5.51. The molecule has 3 N–H and O–H groups in total. The fourth-order valence-electron chi connectivity index (χ4n) is 1.65. The van der Waals surface area contributed by atoms with Crippen molar-refractivity contribution in [3.63, 3.8) is 0 Å². The minimum atomic E-state index is -0.275. The zero-order valence-electron chi connectivity index (χ0n) is 11.4. The summed E-state index contributed by atoms with van der Waals surface area (Å²) in [6.45, 7) is 4.93. The molecule has 106 valence electrons. The number of H-pyrrole nitrogens is 1. The molecule has 2 rings (SSSR count). The van der Waals surface area contributed by atoms with Gasteiger partial charge in [0.05, 0.1) is 23.3 Å². The molecule has 9 nitrogen and oxygen atoms in total. The number of rotatable bonds is 4. The first kappa shape index (κ1) is 13.7. The van der Waals surface area contributed by atoms with Crippen LogP contribution in [0.2, 0.25) is 0 Å². The zero-order valence-corrected chi connectivity index (χ0v) is 11.4. The van der Waals surface area contributed by atoms with E-state index in [1.807, 2.05) is 6.92 Å². The Morgan fingerprint density at radius 2 is 2.10 bits per heavy atom. The number of aryl methyl sites for hydroxylation is 2. The summed E-state index contributed by atoms with van der Waals surface area (Å²) in [6, 6.07) is 0. The summed E-state index contributed by atoms with van der Waals surface area (Å²) in [5.41, 5.74) is 2.15. The molecule has 0 bridgehead atoms. The Hall–Kier alpha value is -2.71. The summed E-state index contributed by atoms with van der Waals surface area (Å²) in [6.07, 6.45) is 1.38. The Bertz CT molecular complexity index is 623. The van der Waals surface area contributed by atoms with Crippen molar-refractivity contribution < 1.29 is 9.59 Å². The number of amides is 2. The molecule has 0 atom stereocenters. The van der Waals surface area contributed by atoms with E-state index in [4.69, 9.17) is 0 Å². The van der Waals surface area contributed by atoms with Crippen molar-refractivity contribution in [3.05, 3.63) is 17.6 Å². The van der Waals surface area contributed by atoms with Crippen molar-refractivity contribution in [2.45, 2.75) is 27.3 Å². The van der Waals surface area contributed by atoms with E-state index in [2.05, 4.69) is 31.0 Å². The Labute approximate surface area is 114 Å². The maximum absolute atomic E-state index is 11.9. The van der Waals surface area contributed by atoms with Gasteiger partial charge in [0.15, 0.2) is 5.82 Å². The highest BCUT2D eigenvalue weighted by atomic mass is 16.2. The van der Waals surface area contributed by atoms with Gasteiger partial charge in [-0.05, 0) is 13.8 Å². The average Bonchev–Trinajstić information content (AvgIpc) is 2.90. The van der Waals surface area contributed by atoms with Gasteiger partial charge in [0.2, 0.25) is 11.8 Å². The minimum Gasteiger partial charge on any atom is -0.321 e. The zero-order chi connectivity index (χ0) is 14.7. The van der Waals surface area contributed by atoms with Gasteiger partial charge in [-0.25, -0.2) is 0 Å². The molecule has 0 saturated heterocycles. The van der Waals surface area contributed by atoms with Crippen LogP contribution in [0.3, 0.4) is 0 Å². The van der Waals surface area contributed by atoms with Crippen molar-refractivity contribution in [3.8, 4) is 0 Å². The number of nitrogens with zero attached hydrogens (tertiary/aromatic N) is 4. The summed E-state index contributed by atoms with van der Waals surface area (Å²) in [4.78, 5) is 23.9. The van der Waals surface area contributed by atoms with Crippen LogP contribution < -0.4 is 10.6 Å². The van der Waals surface area contributed by atoms with E-state index >= 15 is 0 Å². The summed E-state index contributed by atoms with van der Waals surface area (Å²) < 4.78 is 0. The van der Waals surface area contributed by atoms with Gasteiger partial charge in [0, 0.05) is 6.92 Å². The molecule has 0 saturated carbocycles. The smallest absolute Gasteiger partial charge is 0.248 e. The molecular weight excluding hydrogens is 262 g/mol. The minimum absolute atomic E-state index is 0.0519. The van der Waals surface area contributed by atoms with Crippen LogP contribution in [0.25, 0.3) is 0 Å². The van der Waals surface area contributed by atoms with Crippen molar-refractivity contribution in [2.24, 2.45) is 0 Å². The maximum Gasteiger partial charge on any atom is 0.248 e. The van der Waals surface area contributed by atoms with E-state index in [0.29, 0.717) is 17.2 Å². The van der Waals surface area contributed by atoms with Gasteiger partial charge in [-0.15, -0.1) is 5.10 Å². The molecule has 0 fully saturated rings. The molecule has 0 aromatic carbocycles. The molecule has 0 spiro atoms. The lowest BCUT2D eigenvalue weighted by Crippen LogP contribution is -2.21. The molecule has 9 heteroatoms. The largest absolute Gasteiger partial charge is 0.321 e. The molecule has 0 aliphatic heterocycles.